The van der Waals surface area contributed by atoms with Crippen LogP contribution >= 0.6 is 15.9 Å². The van der Waals surface area contributed by atoms with E-state index in [1.807, 2.05) is 24.3 Å². The number of alkyl halides is 3. The number of nitrogens with zero attached hydrogens (tertiary/aromatic N) is 1. The number of nitrogens with one attached hydrogen (secondary N) is 1. The quantitative estimate of drug-likeness (QED) is 0.674. The van der Waals surface area contributed by atoms with Crippen LogP contribution in [0.1, 0.15) is 18.4 Å². The molecule has 1 saturated heterocycles. The first-order valence-electron chi connectivity index (χ1n) is 8.34. The number of hydrogen-bond acceptors (Lipinski definition) is 4. The zero-order valence-electron chi connectivity index (χ0n) is 14.7. The maximum atomic E-state index is 10.6. The van der Waals surface area contributed by atoms with Crippen LogP contribution in [0.25, 0.3) is 6.08 Å². The van der Waals surface area contributed by atoms with E-state index in [0.717, 1.165) is 36.2 Å². The molecule has 1 aromatic heterocycles. The fourth-order valence-corrected chi connectivity index (χ4v) is 2.69. The number of carboxylic acid groups (broad SMARTS) is 1. The average molecular weight is 459 g/mol. The van der Waals surface area contributed by atoms with Crippen molar-refractivity contribution in [2.45, 2.75) is 19.0 Å². The third-order valence-corrected chi connectivity index (χ3v) is 4.26. The largest absolute Gasteiger partial charge is 0.490 e. The number of hydrogen-bond donors (Lipinski definition) is 2. The molecule has 1 aliphatic rings. The standard InChI is InChI=1S/C17H17BrN2O.C2HF3O2/c18-16-5-2-8-20-17(16)21-15-4-1-3-14(12-15)11-13-6-9-19-10-7-13;3-2(4,5)1(6)7/h1-5,8,11-12,19H,6-7,9-10H2;(H,6,7). The predicted molar refractivity (Wildman–Crippen MR) is 102 cm³/mol. The van der Waals surface area contributed by atoms with Crippen LogP contribution in [0.15, 0.2) is 52.6 Å². The predicted octanol–water partition coefficient (Wildman–Crippen LogP) is 5.04. The minimum absolute atomic E-state index is 0.587. The molecule has 1 aromatic carbocycles. The number of pyridine rings is 1. The monoisotopic (exact) mass is 458 g/mol. The molecule has 0 unspecified atom stereocenters. The van der Waals surface area contributed by atoms with Crippen LogP contribution in [0.2, 0.25) is 0 Å². The Labute approximate surface area is 168 Å². The van der Waals surface area contributed by atoms with Gasteiger partial charge in [0.25, 0.3) is 0 Å². The highest BCUT2D eigenvalue weighted by atomic mass is 79.9. The van der Waals surface area contributed by atoms with Crippen LogP contribution in [0.4, 0.5) is 13.2 Å². The van der Waals surface area contributed by atoms with E-state index in [-0.39, 0.29) is 0 Å². The number of halogens is 4. The van der Waals surface area contributed by atoms with Gasteiger partial charge >= 0.3 is 12.1 Å². The molecule has 2 N–H and O–H groups in total. The molecule has 9 heteroatoms. The van der Waals surface area contributed by atoms with E-state index in [4.69, 9.17) is 14.6 Å². The second-order valence-corrected chi connectivity index (χ2v) is 6.67. The van der Waals surface area contributed by atoms with Crippen LogP contribution in [-0.4, -0.2) is 35.3 Å². The third-order valence-electron chi connectivity index (χ3n) is 3.66. The minimum Gasteiger partial charge on any atom is -0.475 e. The Morgan fingerprint density at radius 2 is 1.89 bits per heavy atom. The number of piperidine rings is 1. The highest BCUT2D eigenvalue weighted by molar-refractivity contribution is 9.10. The lowest BCUT2D eigenvalue weighted by molar-refractivity contribution is -0.192. The van der Waals surface area contributed by atoms with Gasteiger partial charge < -0.3 is 15.2 Å². The number of carbonyl (C=O) groups is 1. The van der Waals surface area contributed by atoms with E-state index in [1.54, 1.807) is 6.20 Å². The van der Waals surface area contributed by atoms with Crippen molar-refractivity contribution in [2.24, 2.45) is 0 Å². The number of carboxylic acids is 1. The van der Waals surface area contributed by atoms with E-state index in [2.05, 4.69) is 44.4 Å². The van der Waals surface area contributed by atoms with Crippen molar-refractivity contribution in [3.63, 3.8) is 0 Å². The summed E-state index contributed by atoms with van der Waals surface area (Å²) in [6, 6.07) is 11.9. The second kappa shape index (κ2) is 10.2. The molecule has 5 nitrogen and oxygen atoms in total. The van der Waals surface area contributed by atoms with Gasteiger partial charge in [-0.25, -0.2) is 9.78 Å². The Bertz CT molecular complexity index is 833. The van der Waals surface area contributed by atoms with Gasteiger partial charge in [0.2, 0.25) is 5.88 Å². The summed E-state index contributed by atoms with van der Waals surface area (Å²) in [6.07, 6.45) is 1.15. The summed E-state index contributed by atoms with van der Waals surface area (Å²) in [5.41, 5.74) is 2.67. The Morgan fingerprint density at radius 1 is 1.21 bits per heavy atom. The Morgan fingerprint density at radius 3 is 2.50 bits per heavy atom. The van der Waals surface area contributed by atoms with Gasteiger partial charge in [-0.1, -0.05) is 23.8 Å². The summed E-state index contributed by atoms with van der Waals surface area (Å²) in [4.78, 5) is 13.1. The van der Waals surface area contributed by atoms with E-state index in [1.165, 1.54) is 11.1 Å². The Kier molecular flexibility index (Phi) is 8.01. The van der Waals surface area contributed by atoms with Gasteiger partial charge in [0.15, 0.2) is 0 Å². The van der Waals surface area contributed by atoms with Crippen LogP contribution in [0.5, 0.6) is 11.6 Å². The van der Waals surface area contributed by atoms with Gasteiger partial charge in [0.1, 0.15) is 5.75 Å². The number of ether oxygens (including phenoxy) is 1. The molecule has 1 fully saturated rings. The first kappa shape index (κ1) is 21.9. The lowest BCUT2D eigenvalue weighted by atomic mass is 10.0. The first-order valence-corrected chi connectivity index (χ1v) is 9.13. The molecule has 0 spiro atoms. The second-order valence-electron chi connectivity index (χ2n) is 5.82. The molecule has 0 aliphatic carbocycles. The molecule has 0 saturated carbocycles. The lowest BCUT2D eigenvalue weighted by Crippen LogP contribution is -2.22. The molecule has 150 valence electrons. The molecule has 3 rings (SSSR count). The summed E-state index contributed by atoms with van der Waals surface area (Å²) in [5.74, 6) is -1.37. The third kappa shape index (κ3) is 7.32. The maximum absolute atomic E-state index is 10.6. The summed E-state index contributed by atoms with van der Waals surface area (Å²) in [5, 5.41) is 10.5. The Hall–Kier alpha value is -2.39. The molecule has 0 amide bonds. The minimum atomic E-state index is -5.08. The van der Waals surface area contributed by atoms with Gasteiger partial charge in [-0.15, -0.1) is 0 Å². The van der Waals surface area contributed by atoms with Crippen molar-refractivity contribution >= 4 is 28.0 Å². The zero-order valence-corrected chi connectivity index (χ0v) is 16.3. The van der Waals surface area contributed by atoms with Gasteiger partial charge in [-0.2, -0.15) is 13.2 Å². The molecule has 28 heavy (non-hydrogen) atoms. The van der Waals surface area contributed by atoms with Crippen molar-refractivity contribution in [1.29, 1.82) is 0 Å². The fourth-order valence-electron chi connectivity index (χ4n) is 2.35. The van der Waals surface area contributed by atoms with Crippen LogP contribution in [-0.2, 0) is 4.79 Å². The van der Waals surface area contributed by atoms with E-state index in [9.17, 15) is 13.2 Å². The smallest absolute Gasteiger partial charge is 0.475 e. The highest BCUT2D eigenvalue weighted by Crippen LogP contribution is 2.28. The van der Waals surface area contributed by atoms with Crippen molar-refractivity contribution in [2.75, 3.05) is 13.1 Å². The lowest BCUT2D eigenvalue weighted by Gasteiger charge is -2.15. The molecule has 0 bridgehead atoms. The molecular weight excluding hydrogens is 441 g/mol. The summed E-state index contributed by atoms with van der Waals surface area (Å²) < 4.78 is 38.4. The Balaban J connectivity index is 0.000000345. The van der Waals surface area contributed by atoms with Crippen molar-refractivity contribution in [3.05, 3.63) is 58.2 Å². The number of aromatic nitrogens is 1. The van der Waals surface area contributed by atoms with E-state index < -0.39 is 12.1 Å². The molecular formula is C19H18BrF3N2O3. The van der Waals surface area contributed by atoms with E-state index in [0.29, 0.717) is 5.88 Å². The molecule has 2 aromatic rings. The van der Waals surface area contributed by atoms with Crippen LogP contribution < -0.4 is 10.1 Å². The van der Waals surface area contributed by atoms with Crippen LogP contribution in [0.3, 0.4) is 0 Å². The zero-order chi connectivity index (χ0) is 20.6. The maximum Gasteiger partial charge on any atom is 0.490 e. The SMILES string of the molecule is Brc1cccnc1Oc1cccc(C=C2CCNCC2)c1.O=C(O)C(F)(F)F. The van der Waals surface area contributed by atoms with Gasteiger partial charge in [0, 0.05) is 6.20 Å². The fraction of sp³-hybridized carbons (Fsp3) is 0.263. The molecule has 2 heterocycles. The summed E-state index contributed by atoms with van der Waals surface area (Å²) in [7, 11) is 0. The highest BCUT2D eigenvalue weighted by Gasteiger charge is 2.38. The average Bonchev–Trinajstić information content (AvgIpc) is 2.65. The van der Waals surface area contributed by atoms with Gasteiger partial charge in [-0.05, 0) is 71.7 Å². The van der Waals surface area contributed by atoms with Crippen molar-refractivity contribution < 1.29 is 27.8 Å². The molecule has 1 aliphatic heterocycles. The van der Waals surface area contributed by atoms with Crippen LogP contribution in [0, 0.1) is 0 Å². The summed E-state index contributed by atoms with van der Waals surface area (Å²) >= 11 is 3.45. The van der Waals surface area contributed by atoms with Crippen molar-refractivity contribution in [1.82, 2.24) is 10.3 Å². The normalized spacial score (nSPS) is 13.9. The summed E-state index contributed by atoms with van der Waals surface area (Å²) in [6.45, 7) is 2.14. The van der Waals surface area contributed by atoms with Gasteiger partial charge in [0.05, 0.1) is 4.47 Å². The number of benzene rings is 1. The van der Waals surface area contributed by atoms with Crippen molar-refractivity contribution in [3.8, 4) is 11.6 Å². The number of rotatable bonds is 3. The molecule has 0 radical (unpaired) electrons. The number of aliphatic carboxylic acids is 1. The topological polar surface area (TPSA) is 71.5 Å². The van der Waals surface area contributed by atoms with E-state index >= 15 is 0 Å². The first-order chi connectivity index (χ1) is 13.3. The van der Waals surface area contributed by atoms with Gasteiger partial charge in [-0.3, -0.25) is 0 Å². The molecule has 0 atom stereocenters.